The van der Waals surface area contributed by atoms with Crippen molar-refractivity contribution in [2.45, 2.75) is 33.2 Å². The van der Waals surface area contributed by atoms with E-state index >= 15 is 0 Å². The van der Waals surface area contributed by atoms with Crippen LogP contribution >= 0.6 is 0 Å². The van der Waals surface area contributed by atoms with Gasteiger partial charge in [-0.15, -0.1) is 0 Å². The number of amides is 1. The summed E-state index contributed by atoms with van der Waals surface area (Å²) in [7, 11) is 0. The van der Waals surface area contributed by atoms with E-state index in [2.05, 4.69) is 0 Å². The molecule has 0 aliphatic carbocycles. The number of ketones is 1. The van der Waals surface area contributed by atoms with Crippen LogP contribution in [0.1, 0.15) is 44.4 Å². The maximum Gasteiger partial charge on any atom is 0.295 e. The van der Waals surface area contributed by atoms with Crippen LogP contribution in [0, 0.1) is 0 Å². The largest absolute Gasteiger partial charge is 0.507 e. The fraction of sp³-hybridized carbons (Fsp3) is 0.333. The molecule has 1 fully saturated rings. The molecule has 0 bridgehead atoms. The fourth-order valence-electron chi connectivity index (χ4n) is 3.67. The van der Waals surface area contributed by atoms with Gasteiger partial charge >= 0.3 is 0 Å². The number of carbonyl (C=O) groups is 2. The molecule has 1 heterocycles. The molecule has 6 nitrogen and oxygen atoms in total. The lowest BCUT2D eigenvalue weighted by atomic mass is 9.95. The summed E-state index contributed by atoms with van der Waals surface area (Å²) in [5, 5.41) is 11.0. The number of hydrogen-bond acceptors (Lipinski definition) is 5. The Morgan fingerprint density at radius 1 is 0.967 bits per heavy atom. The minimum Gasteiger partial charge on any atom is -0.507 e. The van der Waals surface area contributed by atoms with E-state index in [0.717, 1.165) is 5.56 Å². The van der Waals surface area contributed by atoms with Crippen molar-refractivity contribution in [2.24, 2.45) is 0 Å². The van der Waals surface area contributed by atoms with Crippen molar-refractivity contribution in [3.05, 3.63) is 65.2 Å². The Labute approximate surface area is 176 Å². The molecule has 158 valence electrons. The second-order valence-electron chi connectivity index (χ2n) is 6.96. The van der Waals surface area contributed by atoms with Crippen LogP contribution in [0.3, 0.4) is 0 Å². The first kappa shape index (κ1) is 21.4. The molecule has 2 aromatic carbocycles. The minimum absolute atomic E-state index is 0.0891. The average molecular weight is 409 g/mol. The maximum absolute atomic E-state index is 12.9. The van der Waals surface area contributed by atoms with Crippen molar-refractivity contribution in [3.8, 4) is 11.5 Å². The van der Waals surface area contributed by atoms with Crippen molar-refractivity contribution >= 4 is 17.4 Å². The summed E-state index contributed by atoms with van der Waals surface area (Å²) in [6, 6.07) is 13.5. The van der Waals surface area contributed by atoms with Crippen LogP contribution in [0.5, 0.6) is 11.5 Å². The number of aliphatic hydroxyl groups is 1. The van der Waals surface area contributed by atoms with E-state index in [9.17, 15) is 14.7 Å². The lowest BCUT2D eigenvalue weighted by molar-refractivity contribution is -0.139. The average Bonchev–Trinajstić information content (AvgIpc) is 3.00. The van der Waals surface area contributed by atoms with Crippen LogP contribution in [0.4, 0.5) is 0 Å². The number of aliphatic hydroxyl groups excluding tert-OH is 1. The van der Waals surface area contributed by atoms with E-state index in [-0.39, 0.29) is 11.3 Å². The first-order valence-corrected chi connectivity index (χ1v) is 10.3. The van der Waals surface area contributed by atoms with Crippen LogP contribution in [0.25, 0.3) is 5.76 Å². The number of carbonyl (C=O) groups excluding carboxylic acids is 2. The predicted molar refractivity (Wildman–Crippen MR) is 115 cm³/mol. The lowest BCUT2D eigenvalue weighted by Crippen LogP contribution is -2.30. The zero-order chi connectivity index (χ0) is 21.7. The van der Waals surface area contributed by atoms with Gasteiger partial charge in [-0.25, -0.2) is 0 Å². The van der Waals surface area contributed by atoms with Crippen molar-refractivity contribution in [1.82, 2.24) is 4.90 Å². The Hall–Kier alpha value is -3.28. The Balaban J connectivity index is 2.11. The molecule has 0 radical (unpaired) electrons. The Bertz CT molecular complexity index is 948. The van der Waals surface area contributed by atoms with E-state index < -0.39 is 17.7 Å². The number of hydrogen-bond donors (Lipinski definition) is 1. The summed E-state index contributed by atoms with van der Waals surface area (Å²) in [4.78, 5) is 27.2. The molecule has 1 saturated heterocycles. The van der Waals surface area contributed by atoms with Crippen molar-refractivity contribution in [3.63, 3.8) is 0 Å². The molecule has 1 aliphatic heterocycles. The van der Waals surface area contributed by atoms with Crippen LogP contribution in [0.15, 0.2) is 54.1 Å². The monoisotopic (exact) mass is 409 g/mol. The summed E-state index contributed by atoms with van der Waals surface area (Å²) in [5.41, 5.74) is 1.27. The smallest absolute Gasteiger partial charge is 0.295 e. The highest BCUT2D eigenvalue weighted by atomic mass is 16.5. The number of nitrogens with zero attached hydrogens (tertiary/aromatic N) is 1. The zero-order valence-corrected chi connectivity index (χ0v) is 17.6. The normalized spacial score (nSPS) is 18.0. The number of likely N-dealkylation sites (tertiary alicyclic amines) is 1. The summed E-state index contributed by atoms with van der Waals surface area (Å²) in [6.45, 7) is 7.17. The molecule has 1 atom stereocenters. The van der Waals surface area contributed by atoms with Gasteiger partial charge < -0.3 is 19.5 Å². The third-order valence-corrected chi connectivity index (χ3v) is 4.93. The van der Waals surface area contributed by atoms with Crippen LogP contribution < -0.4 is 9.47 Å². The summed E-state index contributed by atoms with van der Waals surface area (Å²) in [5.74, 6) is -0.154. The first-order valence-electron chi connectivity index (χ1n) is 10.3. The molecule has 2 aromatic rings. The van der Waals surface area contributed by atoms with Gasteiger partial charge in [0.05, 0.1) is 24.8 Å². The van der Waals surface area contributed by atoms with Crippen molar-refractivity contribution in [1.29, 1.82) is 0 Å². The second kappa shape index (κ2) is 9.48. The highest BCUT2D eigenvalue weighted by molar-refractivity contribution is 6.46. The maximum atomic E-state index is 12.9. The highest BCUT2D eigenvalue weighted by Gasteiger charge is 2.45. The van der Waals surface area contributed by atoms with Gasteiger partial charge in [0.1, 0.15) is 17.3 Å². The zero-order valence-electron chi connectivity index (χ0n) is 17.6. The summed E-state index contributed by atoms with van der Waals surface area (Å²) in [6.07, 6.45) is 0.692. The molecule has 6 heteroatoms. The van der Waals surface area contributed by atoms with Crippen molar-refractivity contribution < 1.29 is 24.2 Å². The molecule has 1 amide bonds. The van der Waals surface area contributed by atoms with Gasteiger partial charge in [0, 0.05) is 12.1 Å². The van der Waals surface area contributed by atoms with Gasteiger partial charge in [0.15, 0.2) is 0 Å². The van der Waals surface area contributed by atoms with Gasteiger partial charge in [-0.1, -0.05) is 19.1 Å². The van der Waals surface area contributed by atoms with Gasteiger partial charge in [-0.05, 0) is 62.2 Å². The van der Waals surface area contributed by atoms with E-state index in [0.29, 0.717) is 43.2 Å². The molecular weight excluding hydrogens is 382 g/mol. The van der Waals surface area contributed by atoms with E-state index in [1.54, 1.807) is 24.3 Å². The predicted octanol–water partition coefficient (Wildman–Crippen LogP) is 4.32. The third kappa shape index (κ3) is 4.17. The molecular formula is C24H27NO5. The molecule has 3 rings (SSSR count). The highest BCUT2D eigenvalue weighted by Crippen LogP contribution is 2.40. The third-order valence-electron chi connectivity index (χ3n) is 4.93. The first-order chi connectivity index (χ1) is 14.5. The Morgan fingerprint density at radius 3 is 2.27 bits per heavy atom. The molecule has 0 saturated carbocycles. The number of ether oxygens (including phenoxy) is 2. The minimum atomic E-state index is -0.679. The van der Waals surface area contributed by atoms with Gasteiger partial charge in [-0.2, -0.15) is 0 Å². The Morgan fingerprint density at radius 2 is 1.63 bits per heavy atom. The quantitative estimate of drug-likeness (QED) is 0.399. The van der Waals surface area contributed by atoms with Gasteiger partial charge in [-0.3, -0.25) is 9.59 Å². The molecule has 1 aliphatic rings. The van der Waals surface area contributed by atoms with Crippen LogP contribution in [0.2, 0.25) is 0 Å². The molecule has 1 unspecified atom stereocenters. The lowest BCUT2D eigenvalue weighted by Gasteiger charge is -2.25. The number of rotatable bonds is 8. The van der Waals surface area contributed by atoms with E-state index in [4.69, 9.17) is 9.47 Å². The Kier molecular flexibility index (Phi) is 6.77. The SMILES string of the molecule is CCCN1C(=O)C(=O)/C(=C(\O)c2ccc(OCC)cc2)C1c1cccc(OCC)c1. The standard InChI is InChI=1S/C24H27NO5/c1-4-14-25-21(17-8-7-9-19(15-17)30-6-3)20(23(27)24(25)28)22(26)16-10-12-18(13-11-16)29-5-2/h7-13,15,21,26H,4-6,14H2,1-3H3/b22-20-. The molecule has 0 aromatic heterocycles. The molecule has 1 N–H and O–H groups in total. The van der Waals surface area contributed by atoms with Crippen LogP contribution in [-0.4, -0.2) is 41.5 Å². The summed E-state index contributed by atoms with van der Waals surface area (Å²) < 4.78 is 11.0. The molecule has 0 spiro atoms. The number of benzene rings is 2. The second-order valence-corrected chi connectivity index (χ2v) is 6.96. The number of Topliss-reactive ketones (excluding diaryl/α,β-unsaturated/α-hetero) is 1. The van der Waals surface area contributed by atoms with Gasteiger partial charge in [0.2, 0.25) is 0 Å². The van der Waals surface area contributed by atoms with Crippen LogP contribution in [-0.2, 0) is 9.59 Å². The van der Waals surface area contributed by atoms with Crippen molar-refractivity contribution in [2.75, 3.05) is 19.8 Å². The molecule has 30 heavy (non-hydrogen) atoms. The van der Waals surface area contributed by atoms with Gasteiger partial charge in [0.25, 0.3) is 11.7 Å². The van der Waals surface area contributed by atoms with E-state index in [1.807, 2.05) is 45.0 Å². The topological polar surface area (TPSA) is 76.1 Å². The fourth-order valence-corrected chi connectivity index (χ4v) is 3.67. The van der Waals surface area contributed by atoms with E-state index in [1.165, 1.54) is 4.90 Å². The summed E-state index contributed by atoms with van der Waals surface area (Å²) >= 11 is 0.